The van der Waals surface area contributed by atoms with E-state index in [9.17, 15) is 22.0 Å². The molecule has 0 aliphatic heterocycles. The molecule has 90 valence electrons. The van der Waals surface area contributed by atoms with Crippen molar-refractivity contribution in [3.8, 4) is 0 Å². The first-order valence-electron chi connectivity index (χ1n) is 3.74. The van der Waals surface area contributed by atoms with E-state index in [-0.39, 0.29) is 5.69 Å². The van der Waals surface area contributed by atoms with Crippen LogP contribution in [0.25, 0.3) is 0 Å². The molecular weight excluding hydrogens is 250 g/mol. The fourth-order valence-electron chi connectivity index (χ4n) is 0.669. The Morgan fingerprint density at radius 2 is 2.25 bits per heavy atom. The van der Waals surface area contributed by atoms with Crippen molar-refractivity contribution in [2.24, 2.45) is 0 Å². The van der Waals surface area contributed by atoms with Crippen LogP contribution in [0, 0.1) is 0 Å². The molecule has 1 heterocycles. The molecule has 0 aromatic carbocycles. The third-order valence-corrected chi connectivity index (χ3v) is 2.34. The van der Waals surface area contributed by atoms with E-state index in [4.69, 9.17) is 4.55 Å². The summed E-state index contributed by atoms with van der Waals surface area (Å²) in [5, 5.41) is -4.54. The first-order valence-corrected chi connectivity index (χ1v) is 5.18. The second-order valence-electron chi connectivity index (χ2n) is 2.65. The van der Waals surface area contributed by atoms with Gasteiger partial charge in [-0.1, -0.05) is 0 Å². The zero-order chi connectivity index (χ0) is 12.4. The van der Waals surface area contributed by atoms with Crippen molar-refractivity contribution in [1.29, 1.82) is 0 Å². The highest BCUT2D eigenvalue weighted by atomic mass is 32.2. The molecule has 1 aromatic rings. The summed E-state index contributed by atoms with van der Waals surface area (Å²) in [5.41, 5.74) is -0.217. The second kappa shape index (κ2) is 4.14. The highest BCUT2D eigenvalue weighted by Crippen LogP contribution is 2.20. The molecule has 0 atom stereocenters. The van der Waals surface area contributed by atoms with Gasteiger partial charge in [-0.3, -0.25) is 4.55 Å². The molecule has 0 spiro atoms. The van der Waals surface area contributed by atoms with Crippen molar-refractivity contribution in [3.63, 3.8) is 0 Å². The Balaban J connectivity index is 2.63. The Morgan fingerprint density at radius 3 is 2.69 bits per heavy atom. The number of halogens is 2. The summed E-state index contributed by atoms with van der Waals surface area (Å²) >= 11 is 0. The number of ether oxygens (including phenoxy) is 1. The van der Waals surface area contributed by atoms with Crippen molar-refractivity contribution >= 4 is 16.1 Å². The zero-order valence-corrected chi connectivity index (χ0v) is 8.37. The molecule has 0 bridgehead atoms. The van der Waals surface area contributed by atoms with Gasteiger partial charge in [0.1, 0.15) is 5.69 Å². The van der Waals surface area contributed by atoms with Crippen LogP contribution in [0.5, 0.6) is 0 Å². The number of rotatable bonds is 4. The van der Waals surface area contributed by atoms with Crippen LogP contribution in [-0.2, 0) is 14.9 Å². The molecule has 0 saturated heterocycles. The van der Waals surface area contributed by atoms with E-state index in [1.54, 1.807) is 0 Å². The topological polar surface area (TPSA) is 109 Å². The number of hydrogen-bond acceptors (Lipinski definition) is 5. The lowest BCUT2D eigenvalue weighted by Gasteiger charge is -2.12. The van der Waals surface area contributed by atoms with Gasteiger partial charge in [0.2, 0.25) is 0 Å². The van der Waals surface area contributed by atoms with Crippen LogP contribution < -0.4 is 0 Å². The lowest BCUT2D eigenvalue weighted by atomic mass is 10.5. The monoisotopic (exact) mass is 256 g/mol. The number of esters is 1. The van der Waals surface area contributed by atoms with E-state index < -0.39 is 27.9 Å². The first-order chi connectivity index (χ1) is 7.24. The molecule has 10 heteroatoms. The average molecular weight is 256 g/mol. The molecule has 16 heavy (non-hydrogen) atoms. The molecule has 0 unspecified atom stereocenters. The van der Waals surface area contributed by atoms with Gasteiger partial charge in [0.05, 0.1) is 12.5 Å². The van der Waals surface area contributed by atoms with Crippen molar-refractivity contribution < 1.29 is 31.3 Å². The Kier molecular flexibility index (Phi) is 3.24. The summed E-state index contributed by atoms with van der Waals surface area (Å²) in [6.45, 7) is -1.77. The fourth-order valence-corrected chi connectivity index (χ4v) is 0.877. The van der Waals surface area contributed by atoms with Crippen LogP contribution in [0.1, 0.15) is 10.5 Å². The third-order valence-electron chi connectivity index (χ3n) is 1.47. The van der Waals surface area contributed by atoms with Crippen molar-refractivity contribution in [1.82, 2.24) is 9.97 Å². The van der Waals surface area contributed by atoms with Crippen LogP contribution in [0.2, 0.25) is 0 Å². The molecule has 0 aliphatic rings. The van der Waals surface area contributed by atoms with E-state index in [1.807, 2.05) is 0 Å². The predicted molar refractivity (Wildman–Crippen MR) is 45.4 cm³/mol. The molecule has 1 aromatic heterocycles. The number of aromatic amines is 1. The fraction of sp³-hybridized carbons (Fsp3) is 0.333. The predicted octanol–water partition coefficient (Wildman–Crippen LogP) is 0.0471. The van der Waals surface area contributed by atoms with Gasteiger partial charge < -0.3 is 9.72 Å². The SMILES string of the molecule is O=C(OCC(F)(F)S(=O)(=O)O)c1cnc[nH]1. The van der Waals surface area contributed by atoms with E-state index in [0.29, 0.717) is 0 Å². The number of carbonyl (C=O) groups excluding carboxylic acids is 1. The Bertz CT molecular complexity index is 469. The van der Waals surface area contributed by atoms with Gasteiger partial charge in [0, 0.05) is 0 Å². The minimum Gasteiger partial charge on any atom is -0.453 e. The lowest BCUT2D eigenvalue weighted by molar-refractivity contribution is -0.00984. The summed E-state index contributed by atoms with van der Waals surface area (Å²) in [6, 6.07) is 0. The van der Waals surface area contributed by atoms with E-state index >= 15 is 0 Å². The van der Waals surface area contributed by atoms with Gasteiger partial charge in [0.15, 0.2) is 6.61 Å². The Labute approximate surface area is 88.2 Å². The molecule has 0 radical (unpaired) electrons. The molecule has 0 fully saturated rings. The number of imidazole rings is 1. The maximum Gasteiger partial charge on any atom is 0.402 e. The molecule has 1 rings (SSSR count). The highest BCUT2D eigenvalue weighted by Gasteiger charge is 2.45. The van der Waals surface area contributed by atoms with Gasteiger partial charge in [0.25, 0.3) is 0 Å². The molecule has 7 nitrogen and oxygen atoms in total. The lowest BCUT2D eigenvalue weighted by Crippen LogP contribution is -2.34. The van der Waals surface area contributed by atoms with Crippen molar-refractivity contribution in [3.05, 3.63) is 18.2 Å². The largest absolute Gasteiger partial charge is 0.453 e. The minimum atomic E-state index is -5.60. The van der Waals surface area contributed by atoms with Crippen LogP contribution in [0.3, 0.4) is 0 Å². The standard InChI is InChI=1S/C6H6F2N2O5S/c7-6(8,16(12,13)14)2-15-5(11)4-1-9-3-10-4/h1,3H,2H2,(H,9,10)(H,12,13,14). The minimum absolute atomic E-state index is 0.217. The van der Waals surface area contributed by atoms with Gasteiger partial charge in [-0.15, -0.1) is 0 Å². The van der Waals surface area contributed by atoms with Crippen LogP contribution in [-0.4, -0.2) is 40.8 Å². The quantitative estimate of drug-likeness (QED) is 0.581. The van der Waals surface area contributed by atoms with Gasteiger partial charge >= 0.3 is 21.3 Å². The average Bonchev–Trinajstić information content (AvgIpc) is 2.65. The molecule has 0 saturated carbocycles. The zero-order valence-electron chi connectivity index (χ0n) is 7.55. The van der Waals surface area contributed by atoms with Gasteiger partial charge in [-0.2, -0.15) is 17.2 Å². The van der Waals surface area contributed by atoms with Crippen molar-refractivity contribution in [2.45, 2.75) is 5.25 Å². The van der Waals surface area contributed by atoms with E-state index in [1.165, 1.54) is 0 Å². The van der Waals surface area contributed by atoms with E-state index in [0.717, 1.165) is 12.5 Å². The van der Waals surface area contributed by atoms with Gasteiger partial charge in [-0.25, -0.2) is 9.78 Å². The number of nitrogens with zero attached hydrogens (tertiary/aromatic N) is 1. The van der Waals surface area contributed by atoms with Gasteiger partial charge in [-0.05, 0) is 0 Å². The number of hydrogen-bond donors (Lipinski definition) is 2. The normalized spacial score (nSPS) is 12.4. The summed E-state index contributed by atoms with van der Waals surface area (Å²) in [5.74, 6) is -1.21. The summed E-state index contributed by atoms with van der Waals surface area (Å²) < 4.78 is 57.6. The second-order valence-corrected chi connectivity index (χ2v) is 4.20. The van der Waals surface area contributed by atoms with Crippen LogP contribution in [0.15, 0.2) is 12.5 Å². The summed E-state index contributed by atoms with van der Waals surface area (Å²) in [6.07, 6.45) is 2.12. The molecule has 2 N–H and O–H groups in total. The Morgan fingerprint density at radius 1 is 1.62 bits per heavy atom. The maximum atomic E-state index is 12.6. The Hall–Kier alpha value is -1.55. The number of nitrogens with one attached hydrogen (secondary N) is 1. The maximum absolute atomic E-state index is 12.6. The highest BCUT2D eigenvalue weighted by molar-refractivity contribution is 7.86. The first kappa shape index (κ1) is 12.5. The number of alkyl halides is 2. The summed E-state index contributed by atoms with van der Waals surface area (Å²) in [4.78, 5) is 16.7. The molecule has 0 aliphatic carbocycles. The smallest absolute Gasteiger partial charge is 0.402 e. The van der Waals surface area contributed by atoms with Crippen LogP contribution >= 0.6 is 0 Å². The number of aromatic nitrogens is 2. The summed E-state index contributed by atoms with van der Waals surface area (Å²) in [7, 11) is -5.60. The van der Waals surface area contributed by atoms with Crippen molar-refractivity contribution in [2.75, 3.05) is 6.61 Å². The molecular formula is C6H6F2N2O5S. The van der Waals surface area contributed by atoms with Crippen LogP contribution in [0.4, 0.5) is 8.78 Å². The third kappa shape index (κ3) is 2.73. The van der Waals surface area contributed by atoms with E-state index in [2.05, 4.69) is 14.7 Å². The number of H-pyrrole nitrogens is 1. The molecule has 0 amide bonds. The number of carbonyl (C=O) groups is 1.